The van der Waals surface area contributed by atoms with E-state index in [1.165, 1.54) is 24.3 Å². The number of nitrogens with one attached hydrogen (secondary N) is 1. The lowest BCUT2D eigenvalue weighted by Crippen LogP contribution is -2.36. The fraction of sp³-hybridized carbons (Fsp3) is 0.250. The van der Waals surface area contributed by atoms with Crippen molar-refractivity contribution in [2.45, 2.75) is 12.5 Å². The Balaban J connectivity index is 1.96. The molecule has 2 atom stereocenters. The van der Waals surface area contributed by atoms with Gasteiger partial charge in [-0.1, -0.05) is 11.6 Å². The molecule has 1 N–H and O–H groups in total. The molecule has 2 heterocycles. The number of amides is 2. The number of halogens is 3. The molecule has 0 saturated carbocycles. The summed E-state index contributed by atoms with van der Waals surface area (Å²) < 4.78 is 25.6. The molecule has 2 aliphatic rings. The smallest absolute Gasteiger partial charge is 0.279 e. The highest BCUT2D eigenvalue weighted by Gasteiger charge is 2.55. The molecule has 3 rings (SSSR count). The molecule has 104 valence electrons. The molecule has 0 radical (unpaired) electrons. The van der Waals surface area contributed by atoms with E-state index in [4.69, 9.17) is 11.6 Å². The maximum absolute atomic E-state index is 12.8. The summed E-state index contributed by atoms with van der Waals surface area (Å²) >= 11 is 5.73. The molecule has 1 saturated heterocycles. The van der Waals surface area contributed by atoms with E-state index >= 15 is 0 Å². The van der Waals surface area contributed by atoms with Crippen LogP contribution in [0.25, 0.3) is 0 Å². The molecule has 0 bridgehead atoms. The Morgan fingerprint density at radius 3 is 2.45 bits per heavy atom. The molecule has 2 aliphatic heterocycles. The lowest BCUT2D eigenvalue weighted by atomic mass is 9.99. The van der Waals surface area contributed by atoms with Gasteiger partial charge in [-0.15, -0.1) is 0 Å². The molecule has 2 unspecified atom stereocenters. The molecule has 0 aliphatic carbocycles. The quantitative estimate of drug-likeness (QED) is 0.840. The van der Waals surface area contributed by atoms with Crippen molar-refractivity contribution < 1.29 is 18.4 Å². The summed E-state index contributed by atoms with van der Waals surface area (Å²) in [5.41, 5.74) is 2.02. The number of hydrogen-bond acceptors (Lipinski definition) is 4. The van der Waals surface area contributed by atoms with Crippen molar-refractivity contribution in [3.63, 3.8) is 0 Å². The number of carbonyl (C=O) groups is 2. The zero-order chi connectivity index (χ0) is 14.4. The molecule has 1 aromatic carbocycles. The lowest BCUT2D eigenvalue weighted by molar-refractivity contribution is -0.122. The fourth-order valence-electron chi connectivity index (χ4n) is 2.34. The Morgan fingerprint density at radius 1 is 1.20 bits per heavy atom. The Labute approximate surface area is 117 Å². The van der Waals surface area contributed by atoms with Crippen LogP contribution in [0, 0.1) is 5.92 Å². The maximum atomic E-state index is 12.8. The Hall–Kier alpha value is -2.02. The van der Waals surface area contributed by atoms with Crippen molar-refractivity contribution in [1.29, 1.82) is 0 Å². The highest BCUT2D eigenvalue weighted by atomic mass is 35.5. The monoisotopic (exact) mass is 299 g/mol. The van der Waals surface area contributed by atoms with Gasteiger partial charge in [-0.3, -0.25) is 15.0 Å². The highest BCUT2D eigenvalue weighted by molar-refractivity contribution is 6.32. The van der Waals surface area contributed by atoms with Gasteiger partial charge in [0.25, 0.3) is 12.3 Å². The number of benzene rings is 1. The molecule has 0 aromatic heterocycles. The molecule has 1 aromatic rings. The summed E-state index contributed by atoms with van der Waals surface area (Å²) in [6.07, 6.45) is -2.88. The molecular weight excluding hydrogens is 292 g/mol. The van der Waals surface area contributed by atoms with Crippen LogP contribution in [-0.2, 0) is 9.59 Å². The first-order valence-electron chi connectivity index (χ1n) is 5.75. The third-order valence-electron chi connectivity index (χ3n) is 3.27. The number of hydrogen-bond donors (Lipinski definition) is 1. The number of imide groups is 1. The summed E-state index contributed by atoms with van der Waals surface area (Å²) in [7, 11) is 0. The summed E-state index contributed by atoms with van der Waals surface area (Å²) in [6, 6.07) is 4.95. The van der Waals surface area contributed by atoms with Gasteiger partial charge in [0.2, 0.25) is 5.91 Å². The van der Waals surface area contributed by atoms with Gasteiger partial charge in [-0.25, -0.2) is 13.7 Å². The Kier molecular flexibility index (Phi) is 2.93. The van der Waals surface area contributed by atoms with Crippen molar-refractivity contribution in [2.75, 3.05) is 4.90 Å². The van der Waals surface area contributed by atoms with Crippen LogP contribution in [0.4, 0.5) is 14.5 Å². The van der Waals surface area contributed by atoms with Crippen LogP contribution < -0.4 is 10.3 Å². The van der Waals surface area contributed by atoms with Gasteiger partial charge in [0, 0.05) is 5.02 Å². The van der Waals surface area contributed by atoms with E-state index in [0.29, 0.717) is 10.7 Å². The van der Waals surface area contributed by atoms with Gasteiger partial charge in [0.1, 0.15) is 17.7 Å². The second kappa shape index (κ2) is 4.52. The summed E-state index contributed by atoms with van der Waals surface area (Å²) in [5.74, 6) is -2.54. The van der Waals surface area contributed by atoms with Crippen LogP contribution in [0.2, 0.25) is 5.02 Å². The topological polar surface area (TPSA) is 61.8 Å². The van der Waals surface area contributed by atoms with E-state index < -0.39 is 35.9 Å². The second-order valence-electron chi connectivity index (χ2n) is 4.41. The Bertz CT molecular complexity index is 618. The molecule has 20 heavy (non-hydrogen) atoms. The number of fused-ring (bicyclic) bond motifs is 1. The first kappa shape index (κ1) is 13.0. The van der Waals surface area contributed by atoms with Crippen molar-refractivity contribution in [1.82, 2.24) is 5.43 Å². The predicted molar refractivity (Wildman–Crippen MR) is 67.8 cm³/mol. The summed E-state index contributed by atoms with van der Waals surface area (Å²) in [6.45, 7) is 0. The van der Waals surface area contributed by atoms with E-state index in [9.17, 15) is 18.4 Å². The van der Waals surface area contributed by atoms with Gasteiger partial charge in [-0.05, 0) is 24.3 Å². The van der Waals surface area contributed by atoms with Crippen molar-refractivity contribution in [3.05, 3.63) is 29.3 Å². The van der Waals surface area contributed by atoms with Crippen molar-refractivity contribution in [3.8, 4) is 0 Å². The predicted octanol–water partition coefficient (Wildman–Crippen LogP) is 1.42. The minimum Gasteiger partial charge on any atom is -0.296 e. The van der Waals surface area contributed by atoms with Gasteiger partial charge >= 0.3 is 0 Å². The van der Waals surface area contributed by atoms with E-state index in [0.717, 1.165) is 4.90 Å². The lowest BCUT2D eigenvalue weighted by Gasteiger charge is -2.15. The average Bonchev–Trinajstić information content (AvgIpc) is 2.94. The highest BCUT2D eigenvalue weighted by Crippen LogP contribution is 2.32. The first-order valence-corrected chi connectivity index (χ1v) is 6.13. The third kappa shape index (κ3) is 1.77. The molecule has 2 amide bonds. The molecular formula is C12H8ClF2N3O2. The minimum absolute atomic E-state index is 0.300. The fourth-order valence-corrected chi connectivity index (χ4v) is 2.47. The normalized spacial score (nSPS) is 25.0. The van der Waals surface area contributed by atoms with Gasteiger partial charge in [0.05, 0.1) is 5.69 Å². The van der Waals surface area contributed by atoms with Crippen LogP contribution in [0.1, 0.15) is 0 Å². The molecule has 8 heteroatoms. The number of anilines is 1. The zero-order valence-electron chi connectivity index (χ0n) is 9.89. The van der Waals surface area contributed by atoms with E-state index in [1.54, 1.807) is 0 Å². The standard InChI is InChI=1S/C12H8ClF2N3O2/c13-5-1-3-6(4-2-5)18-11(19)7-8(10(14)15)16-17-9(7)12(18)20/h1-4,7,9-10,17H. The molecule has 1 fully saturated rings. The molecule has 0 spiro atoms. The first-order chi connectivity index (χ1) is 9.50. The summed E-state index contributed by atoms with van der Waals surface area (Å²) in [4.78, 5) is 25.2. The van der Waals surface area contributed by atoms with E-state index in [1.807, 2.05) is 0 Å². The van der Waals surface area contributed by atoms with Gasteiger partial charge < -0.3 is 0 Å². The molecule has 5 nitrogen and oxygen atoms in total. The number of hydrazone groups is 1. The largest absolute Gasteiger partial charge is 0.296 e. The average molecular weight is 300 g/mol. The third-order valence-corrected chi connectivity index (χ3v) is 3.52. The van der Waals surface area contributed by atoms with Gasteiger partial charge in [0.15, 0.2) is 0 Å². The van der Waals surface area contributed by atoms with Crippen LogP contribution in [0.15, 0.2) is 29.4 Å². The van der Waals surface area contributed by atoms with Gasteiger partial charge in [-0.2, -0.15) is 5.10 Å². The zero-order valence-corrected chi connectivity index (χ0v) is 10.6. The van der Waals surface area contributed by atoms with Crippen molar-refractivity contribution >= 4 is 34.8 Å². The number of nitrogens with zero attached hydrogens (tertiary/aromatic N) is 2. The van der Waals surface area contributed by atoms with Crippen LogP contribution in [0.3, 0.4) is 0 Å². The van der Waals surface area contributed by atoms with Crippen LogP contribution in [0.5, 0.6) is 0 Å². The van der Waals surface area contributed by atoms with Crippen LogP contribution >= 0.6 is 11.6 Å². The maximum Gasteiger partial charge on any atom is 0.279 e. The number of rotatable bonds is 2. The Morgan fingerprint density at radius 2 is 1.85 bits per heavy atom. The van der Waals surface area contributed by atoms with E-state index in [-0.39, 0.29) is 0 Å². The summed E-state index contributed by atoms with van der Waals surface area (Å²) in [5, 5.41) is 3.84. The second-order valence-corrected chi connectivity index (χ2v) is 4.85. The van der Waals surface area contributed by atoms with Crippen molar-refractivity contribution in [2.24, 2.45) is 11.0 Å². The van der Waals surface area contributed by atoms with E-state index in [2.05, 4.69) is 10.5 Å². The number of carbonyl (C=O) groups excluding carboxylic acids is 2. The van der Waals surface area contributed by atoms with Crippen LogP contribution in [-0.4, -0.2) is 30.0 Å². The number of alkyl halides is 2. The SMILES string of the molecule is O=C1C2NN=C(C(F)F)C2C(=O)N1c1ccc(Cl)cc1. The minimum atomic E-state index is -2.88.